The average Bonchev–Trinajstić information content (AvgIpc) is 2.01. The average molecular weight is 206 g/mol. The van der Waals surface area contributed by atoms with Gasteiger partial charge < -0.3 is 16.2 Å². The highest BCUT2D eigenvalue weighted by molar-refractivity contribution is 5.48. The molecule has 0 heterocycles. The van der Waals surface area contributed by atoms with E-state index in [4.69, 9.17) is 11.5 Å². The number of hydrogen-bond donors (Lipinski definition) is 2. The van der Waals surface area contributed by atoms with E-state index in [0.717, 1.165) is 6.07 Å². The summed E-state index contributed by atoms with van der Waals surface area (Å²) in [6.07, 6.45) is -4.72. The largest absolute Gasteiger partial charge is 0.573 e. The fourth-order valence-electron chi connectivity index (χ4n) is 0.959. The summed E-state index contributed by atoms with van der Waals surface area (Å²) in [5.41, 5.74) is 11.0. The molecule has 0 spiro atoms. The Morgan fingerprint density at radius 2 is 1.93 bits per heavy atom. The minimum Gasteiger partial charge on any atom is -0.405 e. The van der Waals surface area contributed by atoms with Gasteiger partial charge in [-0.1, -0.05) is 6.07 Å². The van der Waals surface area contributed by atoms with Gasteiger partial charge in [0.2, 0.25) is 0 Å². The van der Waals surface area contributed by atoms with Crippen LogP contribution in [0.3, 0.4) is 0 Å². The zero-order chi connectivity index (χ0) is 10.8. The van der Waals surface area contributed by atoms with Crippen molar-refractivity contribution in [2.75, 3.05) is 5.73 Å². The second kappa shape index (κ2) is 3.75. The van der Waals surface area contributed by atoms with Crippen LogP contribution in [0.5, 0.6) is 5.75 Å². The molecule has 6 heteroatoms. The van der Waals surface area contributed by atoms with Gasteiger partial charge in [-0.05, 0) is 6.07 Å². The first-order chi connectivity index (χ1) is 6.42. The van der Waals surface area contributed by atoms with E-state index in [1.165, 1.54) is 12.1 Å². The van der Waals surface area contributed by atoms with E-state index in [2.05, 4.69) is 4.74 Å². The number of nitrogens with two attached hydrogens (primary N) is 2. The topological polar surface area (TPSA) is 61.3 Å². The number of benzene rings is 1. The summed E-state index contributed by atoms with van der Waals surface area (Å²) in [4.78, 5) is 0. The van der Waals surface area contributed by atoms with Crippen LogP contribution in [0.2, 0.25) is 0 Å². The van der Waals surface area contributed by atoms with E-state index in [1.54, 1.807) is 0 Å². The fourth-order valence-corrected chi connectivity index (χ4v) is 0.959. The molecule has 0 amide bonds. The van der Waals surface area contributed by atoms with Crippen LogP contribution in [-0.2, 0) is 6.54 Å². The Kier molecular flexibility index (Phi) is 2.85. The lowest BCUT2D eigenvalue weighted by atomic mass is 10.2. The van der Waals surface area contributed by atoms with Gasteiger partial charge in [-0.15, -0.1) is 13.2 Å². The van der Waals surface area contributed by atoms with Crippen LogP contribution in [0.15, 0.2) is 18.2 Å². The van der Waals surface area contributed by atoms with E-state index in [-0.39, 0.29) is 23.5 Å². The Morgan fingerprint density at radius 3 is 2.43 bits per heavy atom. The molecule has 0 unspecified atom stereocenters. The second-order valence-corrected chi connectivity index (χ2v) is 2.62. The third kappa shape index (κ3) is 2.81. The first kappa shape index (κ1) is 10.6. The minimum absolute atomic E-state index is 0.0360. The van der Waals surface area contributed by atoms with Crippen LogP contribution in [0.25, 0.3) is 0 Å². The Morgan fingerprint density at radius 1 is 1.29 bits per heavy atom. The van der Waals surface area contributed by atoms with Gasteiger partial charge in [0, 0.05) is 23.9 Å². The van der Waals surface area contributed by atoms with E-state index in [0.29, 0.717) is 0 Å². The van der Waals surface area contributed by atoms with Crippen molar-refractivity contribution in [3.63, 3.8) is 0 Å². The molecule has 0 saturated carbocycles. The minimum atomic E-state index is -4.72. The van der Waals surface area contributed by atoms with Gasteiger partial charge in [-0.3, -0.25) is 0 Å². The summed E-state index contributed by atoms with van der Waals surface area (Å²) in [6, 6.07) is 3.96. The molecule has 0 atom stereocenters. The summed E-state index contributed by atoms with van der Waals surface area (Å²) < 4.78 is 39.4. The highest BCUT2D eigenvalue weighted by atomic mass is 19.4. The van der Waals surface area contributed by atoms with E-state index in [1.807, 2.05) is 0 Å². The van der Waals surface area contributed by atoms with Crippen LogP contribution < -0.4 is 16.2 Å². The smallest absolute Gasteiger partial charge is 0.405 e. The first-order valence-electron chi connectivity index (χ1n) is 3.76. The third-order valence-corrected chi connectivity index (χ3v) is 1.54. The van der Waals surface area contributed by atoms with Crippen molar-refractivity contribution in [1.82, 2.24) is 0 Å². The number of hydrogen-bond acceptors (Lipinski definition) is 3. The molecule has 4 N–H and O–H groups in total. The standard InChI is InChI=1S/C8H9F3N2O/c9-8(10,11)14-7-3-6(13)2-1-5(7)4-12/h1-3H,4,12-13H2. The van der Waals surface area contributed by atoms with Gasteiger partial charge in [0.15, 0.2) is 0 Å². The van der Waals surface area contributed by atoms with E-state index >= 15 is 0 Å². The SMILES string of the molecule is NCc1ccc(N)cc1OC(F)(F)F. The molecule has 0 bridgehead atoms. The van der Waals surface area contributed by atoms with Crippen molar-refractivity contribution in [2.45, 2.75) is 12.9 Å². The van der Waals surface area contributed by atoms with Gasteiger partial charge in [0.25, 0.3) is 0 Å². The zero-order valence-corrected chi connectivity index (χ0v) is 7.14. The number of halogens is 3. The van der Waals surface area contributed by atoms with Gasteiger partial charge in [0.05, 0.1) is 0 Å². The van der Waals surface area contributed by atoms with E-state index in [9.17, 15) is 13.2 Å². The van der Waals surface area contributed by atoms with Crippen molar-refractivity contribution in [2.24, 2.45) is 5.73 Å². The Hall–Kier alpha value is -1.43. The molecule has 0 aliphatic heterocycles. The molecule has 0 fully saturated rings. The zero-order valence-electron chi connectivity index (χ0n) is 7.14. The van der Waals surface area contributed by atoms with Gasteiger partial charge in [0.1, 0.15) is 5.75 Å². The fraction of sp³-hybridized carbons (Fsp3) is 0.250. The molecule has 1 rings (SSSR count). The lowest BCUT2D eigenvalue weighted by molar-refractivity contribution is -0.274. The lowest BCUT2D eigenvalue weighted by Gasteiger charge is -2.12. The van der Waals surface area contributed by atoms with Crippen molar-refractivity contribution in [1.29, 1.82) is 0 Å². The molecule has 0 aromatic heterocycles. The third-order valence-electron chi connectivity index (χ3n) is 1.54. The Balaban J connectivity index is 2.99. The molecular formula is C8H9F3N2O. The van der Waals surface area contributed by atoms with Gasteiger partial charge >= 0.3 is 6.36 Å². The lowest BCUT2D eigenvalue weighted by Crippen LogP contribution is -2.18. The van der Waals surface area contributed by atoms with Gasteiger partial charge in [-0.2, -0.15) is 0 Å². The molecular weight excluding hydrogens is 197 g/mol. The van der Waals surface area contributed by atoms with Crippen molar-refractivity contribution >= 4 is 5.69 Å². The van der Waals surface area contributed by atoms with Gasteiger partial charge in [-0.25, -0.2) is 0 Å². The molecule has 0 aliphatic carbocycles. The van der Waals surface area contributed by atoms with Crippen molar-refractivity contribution < 1.29 is 17.9 Å². The molecule has 0 aliphatic rings. The van der Waals surface area contributed by atoms with Crippen LogP contribution in [0.4, 0.5) is 18.9 Å². The highest BCUT2D eigenvalue weighted by Crippen LogP contribution is 2.27. The summed E-state index contributed by atoms with van der Waals surface area (Å²) >= 11 is 0. The van der Waals surface area contributed by atoms with Crippen LogP contribution >= 0.6 is 0 Å². The summed E-state index contributed by atoms with van der Waals surface area (Å²) in [5, 5.41) is 0. The molecule has 1 aromatic rings. The number of ether oxygens (including phenoxy) is 1. The monoisotopic (exact) mass is 206 g/mol. The predicted molar refractivity (Wildman–Crippen MR) is 45.4 cm³/mol. The van der Waals surface area contributed by atoms with Crippen LogP contribution in [-0.4, -0.2) is 6.36 Å². The van der Waals surface area contributed by atoms with E-state index < -0.39 is 6.36 Å². The molecule has 0 saturated heterocycles. The van der Waals surface area contributed by atoms with Crippen molar-refractivity contribution in [3.8, 4) is 5.75 Å². The Bertz CT molecular complexity index is 325. The quantitative estimate of drug-likeness (QED) is 0.723. The number of rotatable bonds is 2. The van der Waals surface area contributed by atoms with Crippen molar-refractivity contribution in [3.05, 3.63) is 23.8 Å². The molecule has 0 radical (unpaired) electrons. The maximum absolute atomic E-state index is 11.9. The summed E-state index contributed by atoms with van der Waals surface area (Å²) in [5.74, 6) is -0.347. The van der Waals surface area contributed by atoms with Crippen LogP contribution in [0, 0.1) is 0 Å². The second-order valence-electron chi connectivity index (χ2n) is 2.62. The molecule has 3 nitrogen and oxygen atoms in total. The normalized spacial score (nSPS) is 11.4. The summed E-state index contributed by atoms with van der Waals surface area (Å²) in [7, 11) is 0. The molecule has 1 aromatic carbocycles. The summed E-state index contributed by atoms with van der Waals surface area (Å²) in [6.45, 7) is -0.0360. The number of anilines is 1. The molecule has 14 heavy (non-hydrogen) atoms. The Labute approximate surface area is 78.5 Å². The van der Waals surface area contributed by atoms with Crippen LogP contribution in [0.1, 0.15) is 5.56 Å². The highest BCUT2D eigenvalue weighted by Gasteiger charge is 2.31. The maximum atomic E-state index is 11.9. The number of nitrogen functional groups attached to an aromatic ring is 1. The molecule has 78 valence electrons. The number of alkyl halides is 3. The predicted octanol–water partition coefficient (Wildman–Crippen LogP) is 1.63. The maximum Gasteiger partial charge on any atom is 0.573 e. The first-order valence-corrected chi connectivity index (χ1v) is 3.76.